The Morgan fingerprint density at radius 3 is 2.80 bits per heavy atom. The molecule has 1 unspecified atom stereocenters. The highest BCUT2D eigenvalue weighted by molar-refractivity contribution is 4.96. The Morgan fingerprint density at radius 2 is 2.10 bits per heavy atom. The molecule has 0 radical (unpaired) electrons. The number of nitrogens with one attached hydrogen (secondary N) is 1. The van der Waals surface area contributed by atoms with Crippen molar-refractivity contribution in [3.63, 3.8) is 0 Å². The molecule has 1 heterocycles. The summed E-state index contributed by atoms with van der Waals surface area (Å²) < 4.78 is 2.32. The number of rotatable bonds is 8. The van der Waals surface area contributed by atoms with Crippen molar-refractivity contribution in [3.8, 4) is 0 Å². The third-order valence-corrected chi connectivity index (χ3v) is 4.53. The lowest BCUT2D eigenvalue weighted by Gasteiger charge is -2.27. The molecule has 1 aromatic rings. The van der Waals surface area contributed by atoms with Crippen LogP contribution in [0.5, 0.6) is 0 Å². The molecule has 1 fully saturated rings. The minimum absolute atomic E-state index is 0.598. The molecular formula is C17H31N3. The Bertz CT molecular complexity index is 366. The maximum atomic E-state index is 4.57. The van der Waals surface area contributed by atoms with Gasteiger partial charge in [0.2, 0.25) is 0 Å². The number of hydrogen-bond acceptors (Lipinski definition) is 2. The molecule has 1 aliphatic rings. The summed E-state index contributed by atoms with van der Waals surface area (Å²) in [7, 11) is 0. The highest BCUT2D eigenvalue weighted by Gasteiger charge is 2.20. The van der Waals surface area contributed by atoms with E-state index in [1.54, 1.807) is 0 Å². The predicted molar refractivity (Wildman–Crippen MR) is 84.9 cm³/mol. The fraction of sp³-hybridized carbons (Fsp3) is 0.824. The third kappa shape index (κ3) is 4.62. The average Bonchev–Trinajstić information content (AvgIpc) is 2.88. The zero-order valence-electron chi connectivity index (χ0n) is 13.3. The second kappa shape index (κ2) is 8.46. The topological polar surface area (TPSA) is 29.9 Å². The maximum Gasteiger partial charge on any atom is 0.110 e. The van der Waals surface area contributed by atoms with Crippen LogP contribution >= 0.6 is 0 Å². The molecule has 0 aromatic carbocycles. The van der Waals surface area contributed by atoms with Crippen molar-refractivity contribution in [2.75, 3.05) is 6.54 Å². The second-order valence-corrected chi connectivity index (χ2v) is 6.24. The molecule has 0 amide bonds. The van der Waals surface area contributed by atoms with Gasteiger partial charge in [-0.3, -0.25) is 0 Å². The number of likely N-dealkylation sites (N-methyl/N-ethyl adjacent to an activating group) is 1. The summed E-state index contributed by atoms with van der Waals surface area (Å²) in [6, 6.07) is 0.598. The van der Waals surface area contributed by atoms with Crippen molar-refractivity contribution in [1.29, 1.82) is 0 Å². The van der Waals surface area contributed by atoms with Gasteiger partial charge in [0.15, 0.2) is 0 Å². The Hall–Kier alpha value is -0.830. The lowest BCUT2D eigenvalue weighted by Crippen LogP contribution is -2.34. The lowest BCUT2D eigenvalue weighted by atomic mass is 9.84. The number of imidazole rings is 1. The monoisotopic (exact) mass is 277 g/mol. The molecule has 20 heavy (non-hydrogen) atoms. The Balaban J connectivity index is 1.91. The van der Waals surface area contributed by atoms with E-state index in [-0.39, 0.29) is 0 Å². The van der Waals surface area contributed by atoms with Gasteiger partial charge in [-0.05, 0) is 25.3 Å². The van der Waals surface area contributed by atoms with Gasteiger partial charge in [-0.2, -0.15) is 0 Å². The third-order valence-electron chi connectivity index (χ3n) is 4.53. The van der Waals surface area contributed by atoms with Crippen LogP contribution in [-0.4, -0.2) is 22.1 Å². The maximum absolute atomic E-state index is 4.57. The summed E-state index contributed by atoms with van der Waals surface area (Å²) >= 11 is 0. The summed E-state index contributed by atoms with van der Waals surface area (Å²) in [4.78, 5) is 4.57. The smallest absolute Gasteiger partial charge is 0.110 e. The molecule has 1 aliphatic carbocycles. The quantitative estimate of drug-likeness (QED) is 0.783. The Labute approximate surface area is 124 Å². The second-order valence-electron chi connectivity index (χ2n) is 6.24. The summed E-state index contributed by atoms with van der Waals surface area (Å²) in [5.74, 6) is 2.19. The molecule has 114 valence electrons. The van der Waals surface area contributed by atoms with Crippen LogP contribution in [0, 0.1) is 5.92 Å². The highest BCUT2D eigenvalue weighted by Crippen LogP contribution is 2.28. The van der Waals surface area contributed by atoms with Crippen molar-refractivity contribution in [3.05, 3.63) is 18.2 Å². The Kier molecular flexibility index (Phi) is 6.58. The van der Waals surface area contributed by atoms with Crippen LogP contribution in [-0.2, 0) is 13.0 Å². The SMILES string of the molecule is CCCn1ccnc1CC(CC1CCCCC1)NCC. The van der Waals surface area contributed by atoms with E-state index >= 15 is 0 Å². The minimum Gasteiger partial charge on any atom is -0.335 e. The van der Waals surface area contributed by atoms with Crippen LogP contribution in [0.4, 0.5) is 0 Å². The number of hydrogen-bond donors (Lipinski definition) is 1. The standard InChI is InChI=1S/C17H31N3/c1-3-11-20-12-10-19-17(20)14-16(18-4-2)13-15-8-6-5-7-9-15/h10,12,15-16,18H,3-9,11,13-14H2,1-2H3. The largest absolute Gasteiger partial charge is 0.335 e. The summed E-state index contributed by atoms with van der Waals surface area (Å²) in [5, 5.41) is 3.68. The zero-order valence-corrected chi connectivity index (χ0v) is 13.3. The zero-order chi connectivity index (χ0) is 14.2. The number of aromatic nitrogens is 2. The van der Waals surface area contributed by atoms with Gasteiger partial charge in [0.1, 0.15) is 5.82 Å². The van der Waals surface area contributed by atoms with Crippen LogP contribution in [0.25, 0.3) is 0 Å². The molecule has 3 heteroatoms. The molecule has 1 saturated carbocycles. The van der Waals surface area contributed by atoms with E-state index in [2.05, 4.69) is 34.9 Å². The van der Waals surface area contributed by atoms with Gasteiger partial charge >= 0.3 is 0 Å². The first-order valence-corrected chi connectivity index (χ1v) is 8.56. The van der Waals surface area contributed by atoms with E-state index in [4.69, 9.17) is 0 Å². The molecule has 3 nitrogen and oxygen atoms in total. The predicted octanol–water partition coefficient (Wildman–Crippen LogP) is 3.78. The van der Waals surface area contributed by atoms with Crippen LogP contribution in [0.3, 0.4) is 0 Å². The normalized spacial score (nSPS) is 18.3. The molecule has 0 saturated heterocycles. The summed E-state index contributed by atoms with van der Waals surface area (Å²) in [6.07, 6.45) is 14.9. The van der Waals surface area contributed by atoms with Gasteiger partial charge in [-0.1, -0.05) is 46.0 Å². The van der Waals surface area contributed by atoms with Gasteiger partial charge < -0.3 is 9.88 Å². The minimum atomic E-state index is 0.598. The van der Waals surface area contributed by atoms with Gasteiger partial charge in [0, 0.05) is 31.4 Å². The van der Waals surface area contributed by atoms with Crippen molar-refractivity contribution >= 4 is 0 Å². The van der Waals surface area contributed by atoms with Crippen molar-refractivity contribution in [2.24, 2.45) is 5.92 Å². The van der Waals surface area contributed by atoms with Crippen LogP contribution < -0.4 is 5.32 Å². The van der Waals surface area contributed by atoms with E-state index in [0.717, 1.165) is 25.4 Å². The first-order valence-electron chi connectivity index (χ1n) is 8.56. The van der Waals surface area contributed by atoms with Gasteiger partial charge in [-0.25, -0.2) is 4.98 Å². The average molecular weight is 277 g/mol. The van der Waals surface area contributed by atoms with E-state index < -0.39 is 0 Å². The van der Waals surface area contributed by atoms with Crippen LogP contribution in [0.1, 0.15) is 64.6 Å². The molecule has 1 N–H and O–H groups in total. The van der Waals surface area contributed by atoms with E-state index in [1.165, 1.54) is 50.8 Å². The van der Waals surface area contributed by atoms with Crippen LogP contribution in [0.15, 0.2) is 12.4 Å². The molecule has 0 spiro atoms. The van der Waals surface area contributed by atoms with Crippen LogP contribution in [0.2, 0.25) is 0 Å². The van der Waals surface area contributed by atoms with E-state index in [9.17, 15) is 0 Å². The fourth-order valence-electron chi connectivity index (χ4n) is 3.55. The van der Waals surface area contributed by atoms with Gasteiger partial charge in [0.25, 0.3) is 0 Å². The first-order chi connectivity index (χ1) is 9.83. The molecule has 0 bridgehead atoms. The summed E-state index contributed by atoms with van der Waals surface area (Å²) in [6.45, 7) is 6.60. The molecule has 2 rings (SSSR count). The molecule has 0 aliphatic heterocycles. The first kappa shape index (κ1) is 15.6. The number of nitrogens with zero attached hydrogens (tertiary/aromatic N) is 2. The molecular weight excluding hydrogens is 246 g/mol. The van der Waals surface area contributed by atoms with Gasteiger partial charge in [0.05, 0.1) is 0 Å². The Morgan fingerprint density at radius 1 is 1.30 bits per heavy atom. The van der Waals surface area contributed by atoms with E-state index in [1.807, 2.05) is 6.20 Å². The van der Waals surface area contributed by atoms with E-state index in [0.29, 0.717) is 6.04 Å². The highest BCUT2D eigenvalue weighted by atomic mass is 15.1. The fourth-order valence-corrected chi connectivity index (χ4v) is 3.55. The summed E-state index contributed by atoms with van der Waals surface area (Å²) in [5.41, 5.74) is 0. The van der Waals surface area contributed by atoms with Crippen molar-refractivity contribution < 1.29 is 0 Å². The van der Waals surface area contributed by atoms with Crippen molar-refractivity contribution in [1.82, 2.24) is 14.9 Å². The van der Waals surface area contributed by atoms with Crippen molar-refractivity contribution in [2.45, 2.75) is 77.8 Å². The molecule has 1 atom stereocenters. The lowest BCUT2D eigenvalue weighted by molar-refractivity contribution is 0.296. The van der Waals surface area contributed by atoms with Gasteiger partial charge in [-0.15, -0.1) is 0 Å². The molecule has 1 aromatic heterocycles. The number of aryl methyl sites for hydroxylation is 1.